The van der Waals surface area contributed by atoms with E-state index in [1.165, 1.54) is 11.1 Å². The molecule has 1 aliphatic rings. The average Bonchev–Trinajstić information content (AvgIpc) is 2.36. The minimum Gasteiger partial charge on any atom is -0.493 e. The number of benzene rings is 1. The van der Waals surface area contributed by atoms with E-state index >= 15 is 0 Å². The van der Waals surface area contributed by atoms with E-state index in [9.17, 15) is 0 Å². The van der Waals surface area contributed by atoms with Crippen LogP contribution < -0.4 is 19.5 Å². The molecule has 17 heavy (non-hydrogen) atoms. The fraction of sp³-hybridized carbons (Fsp3) is 0.538. The van der Waals surface area contributed by atoms with E-state index in [2.05, 4.69) is 12.2 Å². The van der Waals surface area contributed by atoms with Gasteiger partial charge in [-0.05, 0) is 31.5 Å². The second-order valence-electron chi connectivity index (χ2n) is 4.14. The first-order valence-electron chi connectivity index (χ1n) is 5.78. The Kier molecular flexibility index (Phi) is 3.43. The molecular formula is C13H19NO3. The van der Waals surface area contributed by atoms with Gasteiger partial charge in [0.1, 0.15) is 0 Å². The van der Waals surface area contributed by atoms with Gasteiger partial charge in [-0.15, -0.1) is 0 Å². The summed E-state index contributed by atoms with van der Waals surface area (Å²) in [6.45, 7) is 3.11. The molecule has 1 aliphatic heterocycles. The summed E-state index contributed by atoms with van der Waals surface area (Å²) in [5.41, 5.74) is 2.45. The van der Waals surface area contributed by atoms with E-state index in [4.69, 9.17) is 14.2 Å². The van der Waals surface area contributed by atoms with Crippen LogP contribution in [0.3, 0.4) is 0 Å². The summed E-state index contributed by atoms with van der Waals surface area (Å²) < 4.78 is 16.3. The third kappa shape index (κ3) is 1.93. The van der Waals surface area contributed by atoms with Crippen molar-refractivity contribution in [3.05, 3.63) is 17.2 Å². The summed E-state index contributed by atoms with van der Waals surface area (Å²) in [7, 11) is 4.95. The van der Waals surface area contributed by atoms with Gasteiger partial charge >= 0.3 is 0 Å². The predicted molar refractivity (Wildman–Crippen MR) is 66.2 cm³/mol. The highest BCUT2D eigenvalue weighted by molar-refractivity contribution is 5.60. The molecule has 2 rings (SSSR count). The van der Waals surface area contributed by atoms with Crippen molar-refractivity contribution in [3.63, 3.8) is 0 Å². The largest absolute Gasteiger partial charge is 0.493 e. The minimum absolute atomic E-state index is 0.272. The molecule has 0 radical (unpaired) electrons. The van der Waals surface area contributed by atoms with Gasteiger partial charge in [-0.1, -0.05) is 0 Å². The number of hydrogen-bond donors (Lipinski definition) is 1. The smallest absolute Gasteiger partial charge is 0.203 e. The zero-order valence-corrected chi connectivity index (χ0v) is 10.8. The lowest BCUT2D eigenvalue weighted by molar-refractivity contribution is 0.317. The van der Waals surface area contributed by atoms with Crippen LogP contribution in [0.5, 0.6) is 17.2 Å². The molecule has 4 nitrogen and oxygen atoms in total. The number of nitrogens with one attached hydrogen (secondary N) is 1. The summed E-state index contributed by atoms with van der Waals surface area (Å²) in [6, 6.07) is 2.32. The quantitative estimate of drug-likeness (QED) is 0.872. The minimum atomic E-state index is 0.272. The number of rotatable bonds is 3. The molecule has 0 unspecified atom stereocenters. The molecule has 0 spiro atoms. The van der Waals surface area contributed by atoms with Crippen LogP contribution in [0, 0.1) is 0 Å². The molecule has 0 bridgehead atoms. The lowest BCUT2D eigenvalue weighted by Gasteiger charge is -2.28. The van der Waals surface area contributed by atoms with Crippen molar-refractivity contribution < 1.29 is 14.2 Å². The molecule has 0 saturated heterocycles. The fourth-order valence-electron chi connectivity index (χ4n) is 2.44. The topological polar surface area (TPSA) is 39.7 Å². The lowest BCUT2D eigenvalue weighted by Crippen LogP contribution is -2.28. The Morgan fingerprint density at radius 1 is 1.12 bits per heavy atom. The van der Waals surface area contributed by atoms with Gasteiger partial charge in [0.2, 0.25) is 5.75 Å². The van der Waals surface area contributed by atoms with Gasteiger partial charge in [-0.3, -0.25) is 0 Å². The molecule has 0 saturated carbocycles. The van der Waals surface area contributed by atoms with Gasteiger partial charge in [-0.25, -0.2) is 0 Å². The lowest BCUT2D eigenvalue weighted by atomic mass is 9.93. The van der Waals surface area contributed by atoms with Gasteiger partial charge in [0.05, 0.1) is 21.3 Å². The van der Waals surface area contributed by atoms with Crippen molar-refractivity contribution in [2.75, 3.05) is 27.9 Å². The highest BCUT2D eigenvalue weighted by Crippen LogP contribution is 2.45. The maximum absolute atomic E-state index is 5.50. The Morgan fingerprint density at radius 3 is 2.41 bits per heavy atom. The molecule has 0 aromatic heterocycles. The van der Waals surface area contributed by atoms with Crippen LogP contribution in [0.2, 0.25) is 0 Å². The third-order valence-corrected chi connectivity index (χ3v) is 3.23. The molecule has 94 valence electrons. The monoisotopic (exact) mass is 237 g/mol. The number of fused-ring (bicyclic) bond motifs is 1. The molecular weight excluding hydrogens is 218 g/mol. The van der Waals surface area contributed by atoms with Crippen LogP contribution in [-0.2, 0) is 6.42 Å². The van der Waals surface area contributed by atoms with Crippen molar-refractivity contribution in [1.29, 1.82) is 0 Å². The Balaban J connectivity index is 2.65. The van der Waals surface area contributed by atoms with Crippen LogP contribution in [0.1, 0.15) is 24.1 Å². The van der Waals surface area contributed by atoms with Crippen LogP contribution >= 0.6 is 0 Å². The number of hydrogen-bond acceptors (Lipinski definition) is 4. The highest BCUT2D eigenvalue weighted by Gasteiger charge is 2.26. The normalized spacial score (nSPS) is 18.5. The van der Waals surface area contributed by atoms with Crippen molar-refractivity contribution >= 4 is 0 Å². The van der Waals surface area contributed by atoms with Crippen LogP contribution in [0.4, 0.5) is 0 Å². The molecule has 0 aliphatic carbocycles. The van der Waals surface area contributed by atoms with Crippen LogP contribution in [0.25, 0.3) is 0 Å². The molecule has 0 fully saturated rings. The van der Waals surface area contributed by atoms with Gasteiger partial charge in [0.15, 0.2) is 11.5 Å². The Morgan fingerprint density at radius 2 is 1.82 bits per heavy atom. The number of methoxy groups -OCH3 is 3. The Bertz CT molecular complexity index is 418. The van der Waals surface area contributed by atoms with E-state index in [0.29, 0.717) is 5.75 Å². The first-order valence-corrected chi connectivity index (χ1v) is 5.78. The standard InChI is InChI=1S/C13H19NO3/c1-8-11-9(5-6-14-8)7-10(15-2)12(16-3)13(11)17-4/h7-8,14H,5-6H2,1-4H3/t8-/m1/s1. The third-order valence-electron chi connectivity index (χ3n) is 3.23. The first kappa shape index (κ1) is 12.0. The van der Waals surface area contributed by atoms with E-state index in [1.54, 1.807) is 21.3 Å². The van der Waals surface area contributed by atoms with Gasteiger partial charge in [0.25, 0.3) is 0 Å². The fourth-order valence-corrected chi connectivity index (χ4v) is 2.44. The van der Waals surface area contributed by atoms with Crippen molar-refractivity contribution in [2.45, 2.75) is 19.4 Å². The van der Waals surface area contributed by atoms with E-state index in [0.717, 1.165) is 24.5 Å². The van der Waals surface area contributed by atoms with E-state index in [-0.39, 0.29) is 6.04 Å². The number of ether oxygens (including phenoxy) is 3. The Hall–Kier alpha value is -1.42. The molecule has 1 heterocycles. The van der Waals surface area contributed by atoms with Crippen molar-refractivity contribution in [1.82, 2.24) is 5.32 Å². The van der Waals surface area contributed by atoms with Crippen LogP contribution in [-0.4, -0.2) is 27.9 Å². The van der Waals surface area contributed by atoms with Gasteiger partial charge < -0.3 is 19.5 Å². The molecule has 1 atom stereocenters. The molecule has 1 N–H and O–H groups in total. The second kappa shape index (κ2) is 4.84. The maximum Gasteiger partial charge on any atom is 0.203 e. The highest BCUT2D eigenvalue weighted by atomic mass is 16.5. The first-order chi connectivity index (χ1) is 8.22. The zero-order valence-electron chi connectivity index (χ0n) is 10.8. The summed E-state index contributed by atoms with van der Waals surface area (Å²) in [6.07, 6.45) is 0.983. The van der Waals surface area contributed by atoms with Gasteiger partial charge in [-0.2, -0.15) is 0 Å². The zero-order chi connectivity index (χ0) is 12.4. The van der Waals surface area contributed by atoms with Crippen molar-refractivity contribution in [3.8, 4) is 17.2 Å². The molecule has 0 amide bonds. The van der Waals surface area contributed by atoms with E-state index < -0.39 is 0 Å². The van der Waals surface area contributed by atoms with Crippen LogP contribution in [0.15, 0.2) is 6.07 Å². The predicted octanol–water partition coefficient (Wildman–Crippen LogP) is 1.92. The SMILES string of the molecule is COc1cc2c(c(OC)c1OC)[C@@H](C)NCC2. The summed E-state index contributed by atoms with van der Waals surface area (Å²) in [5, 5.41) is 3.43. The molecule has 1 aromatic carbocycles. The summed E-state index contributed by atoms with van der Waals surface area (Å²) >= 11 is 0. The van der Waals surface area contributed by atoms with E-state index in [1.807, 2.05) is 6.07 Å². The summed E-state index contributed by atoms with van der Waals surface area (Å²) in [5.74, 6) is 2.18. The maximum atomic E-state index is 5.50. The molecule has 4 heteroatoms. The van der Waals surface area contributed by atoms with Crippen molar-refractivity contribution in [2.24, 2.45) is 0 Å². The summed E-state index contributed by atoms with van der Waals surface area (Å²) in [4.78, 5) is 0. The Labute approximate surface area is 102 Å². The second-order valence-corrected chi connectivity index (χ2v) is 4.14. The molecule has 1 aromatic rings. The van der Waals surface area contributed by atoms with Gasteiger partial charge in [0, 0.05) is 11.6 Å². The average molecular weight is 237 g/mol.